The van der Waals surface area contributed by atoms with Gasteiger partial charge in [-0.2, -0.15) is 15.3 Å². The molecule has 7 heterocycles. The van der Waals surface area contributed by atoms with Crippen LogP contribution >= 0.6 is 15.9 Å². The molecule has 71 heavy (non-hydrogen) atoms. The molecule has 1 unspecified atom stereocenters. The highest BCUT2D eigenvalue weighted by Gasteiger charge is 2.61. The summed E-state index contributed by atoms with van der Waals surface area (Å²) < 4.78 is 17.7. The summed E-state index contributed by atoms with van der Waals surface area (Å²) >= 11 is 3.49. The summed E-state index contributed by atoms with van der Waals surface area (Å²) in [5.74, 6) is 1.98. The fraction of sp³-hybridized carbons (Fsp3) is 0.509. The van der Waals surface area contributed by atoms with E-state index in [-0.39, 0.29) is 45.3 Å². The maximum absolute atomic E-state index is 12.7. The molecule has 6 aliphatic carbocycles. The molecule has 15 nitrogen and oxygen atoms in total. The topological polar surface area (TPSA) is 159 Å². The smallest absolute Gasteiger partial charge is 0.282 e. The van der Waals surface area contributed by atoms with Crippen LogP contribution < -0.4 is 0 Å². The van der Waals surface area contributed by atoms with Crippen LogP contribution in [0.5, 0.6) is 0 Å². The van der Waals surface area contributed by atoms with Crippen molar-refractivity contribution in [3.63, 3.8) is 0 Å². The second-order valence-corrected chi connectivity index (χ2v) is 23.8. The van der Waals surface area contributed by atoms with Crippen LogP contribution in [-0.4, -0.2) is 66.6 Å². The Labute approximate surface area is 424 Å². The molecular weight excluding hydrogens is 957 g/mol. The van der Waals surface area contributed by atoms with Gasteiger partial charge in [-0.3, -0.25) is 4.79 Å². The Morgan fingerprint density at radius 2 is 1.27 bits per heavy atom. The molecule has 0 aromatic carbocycles. The minimum atomic E-state index is -0.563. The second kappa shape index (κ2) is 16.3. The Balaban J connectivity index is 0.000000122. The predicted octanol–water partition coefficient (Wildman–Crippen LogP) is 10.3. The summed E-state index contributed by atoms with van der Waals surface area (Å²) in [4.78, 5) is 47.3. The van der Waals surface area contributed by atoms with Crippen LogP contribution in [0.1, 0.15) is 142 Å². The van der Waals surface area contributed by atoms with E-state index in [9.17, 15) is 9.59 Å². The van der Waals surface area contributed by atoms with E-state index in [2.05, 4.69) is 93.1 Å². The van der Waals surface area contributed by atoms with Gasteiger partial charge in [0.25, 0.3) is 6.04 Å². The summed E-state index contributed by atoms with van der Waals surface area (Å²) in [7, 11) is 1.25. The summed E-state index contributed by atoms with van der Waals surface area (Å²) in [6, 6.07) is 3.32. The Morgan fingerprint density at radius 1 is 0.704 bits per heavy atom. The number of ketones is 2. The largest absolute Gasteiger partial charge is 0.361 e. The molecule has 1 fully saturated rings. The molecule has 0 bridgehead atoms. The van der Waals surface area contributed by atoms with E-state index >= 15 is 0 Å². The van der Waals surface area contributed by atoms with Crippen molar-refractivity contribution in [2.45, 2.75) is 149 Å². The van der Waals surface area contributed by atoms with Gasteiger partial charge in [-0.05, 0) is 95.3 Å². The number of allylic oxidation sites excluding steroid dienone is 2. The average molecular weight is 1020 g/mol. The first-order valence-electron chi connectivity index (χ1n) is 25.4. The summed E-state index contributed by atoms with van der Waals surface area (Å²) in [6.45, 7) is 34.1. The molecule has 0 N–H and O–H groups in total. The molecule has 366 valence electrons. The van der Waals surface area contributed by atoms with Crippen LogP contribution in [0, 0.1) is 41.7 Å². The number of halogens is 1. The maximum Gasteiger partial charge on any atom is 0.282 e. The van der Waals surface area contributed by atoms with E-state index < -0.39 is 22.3 Å². The number of aryl methyl sites for hydroxylation is 3. The Kier molecular flexibility index (Phi) is 10.8. The minimum Gasteiger partial charge on any atom is -0.361 e. The van der Waals surface area contributed by atoms with Gasteiger partial charge in [0, 0.05) is 76.6 Å². The second-order valence-electron chi connectivity index (χ2n) is 23.0. The third-order valence-corrected chi connectivity index (χ3v) is 18.4. The third kappa shape index (κ3) is 6.93. The number of hydrogen-bond acceptors (Lipinski definition) is 10. The molecule has 6 aliphatic rings. The fourth-order valence-electron chi connectivity index (χ4n) is 14.7. The highest BCUT2D eigenvalue weighted by Crippen LogP contribution is 2.58. The van der Waals surface area contributed by atoms with Gasteiger partial charge in [0.2, 0.25) is 11.5 Å². The maximum atomic E-state index is 12.7. The van der Waals surface area contributed by atoms with Crippen LogP contribution in [-0.2, 0) is 56.9 Å². The van der Waals surface area contributed by atoms with E-state index in [0.717, 1.165) is 89.1 Å². The number of aromatic nitrogens is 10. The molecule has 7 aromatic rings. The Morgan fingerprint density at radius 3 is 1.87 bits per heavy atom. The standard InChI is InChI=1S/C18H17BrN4O.2C18H20N4O.CH4/c1-17(2)13-6-5-10-9-23-16(11(19)8-21-23)22-14(10)18(13,3)7-12(20-4)15(17)24;1-17(2)13-5-4-11-10-22-14(6-7-19-22)21-15(11)18(13,3)8-12-9-20-23-16(12)17;1-17(2)13-6-5-11-10-22-14(7-8-20-22)21-15(11)18(13,3)9-12(19-4)16(17)23;/h7-9,13H,5-6H2,1-3H3;6-7,9-10,13H,4-5,8H2,1-3H3;7-8,10,12-13H,5-6,9H2,1-3H3;1H4/t2*13-,18-;12?,13-,18-;/m000./s1/i;;;1T. The van der Waals surface area contributed by atoms with Crippen molar-refractivity contribution in [3.8, 4) is 0 Å². The molecule has 0 radical (unpaired) electrons. The summed E-state index contributed by atoms with van der Waals surface area (Å²) in [6.07, 6.45) is 22.7. The Hall–Kier alpha value is -6.39. The summed E-state index contributed by atoms with van der Waals surface area (Å²) in [5.41, 5.74) is 9.24. The zero-order valence-electron chi connectivity index (χ0n) is 43.2. The zero-order chi connectivity index (χ0) is 51.5. The van der Waals surface area contributed by atoms with E-state index in [1.807, 2.05) is 73.5 Å². The lowest BCUT2D eigenvalue weighted by Gasteiger charge is -2.52. The van der Waals surface area contributed by atoms with E-state index in [0.29, 0.717) is 12.3 Å². The number of carbonyl (C=O) groups is 2. The monoisotopic (exact) mass is 1020 g/mol. The van der Waals surface area contributed by atoms with Crippen molar-refractivity contribution in [2.24, 2.45) is 28.6 Å². The quantitative estimate of drug-likeness (QED) is 0.134. The van der Waals surface area contributed by atoms with Gasteiger partial charge in [-0.1, -0.05) is 80.9 Å². The van der Waals surface area contributed by atoms with E-state index in [4.69, 9.17) is 34.0 Å². The van der Waals surface area contributed by atoms with Gasteiger partial charge >= 0.3 is 0 Å². The van der Waals surface area contributed by atoms with Crippen molar-refractivity contribution in [1.29, 1.82) is 0 Å². The van der Waals surface area contributed by atoms with Crippen molar-refractivity contribution >= 4 is 44.4 Å². The molecule has 0 saturated heterocycles. The molecular formula is C55H61BrN12O3. The first-order chi connectivity index (χ1) is 34.2. The molecule has 13 rings (SSSR count). The molecule has 7 aromatic heterocycles. The van der Waals surface area contributed by atoms with Gasteiger partial charge in [0.05, 0.1) is 52.9 Å². The minimum absolute atomic E-state index is 0.0155. The van der Waals surface area contributed by atoms with Crippen LogP contribution in [0.15, 0.2) is 76.3 Å². The highest BCUT2D eigenvalue weighted by atomic mass is 79.9. The van der Waals surface area contributed by atoms with Crippen LogP contribution in [0.4, 0.5) is 0 Å². The van der Waals surface area contributed by atoms with Crippen molar-refractivity contribution in [2.75, 3.05) is 0 Å². The van der Waals surface area contributed by atoms with Crippen LogP contribution in [0.2, 0.25) is 0 Å². The van der Waals surface area contributed by atoms with Gasteiger partial charge in [0.15, 0.2) is 22.7 Å². The lowest BCUT2D eigenvalue weighted by Crippen LogP contribution is -2.57. The fourth-order valence-corrected chi connectivity index (χ4v) is 15.0. The summed E-state index contributed by atoms with van der Waals surface area (Å²) in [5, 5.41) is 17.0. The molecule has 1 saturated carbocycles. The molecule has 0 aliphatic heterocycles. The number of Topliss-reactive ketones (excluding diaryl/α,β-unsaturated/α-hetero) is 2. The molecule has 0 spiro atoms. The molecule has 0 amide bonds. The molecule has 16 heteroatoms. The SMILES string of the molecule is CC1(C)c2oncc2C[C@]2(C)c3nc4ccnn4cc3CC[C@@H]12.[3H]C.[C-]#[N+]C1=C[C@]2(C)c3nc4c(Br)cnn4cc3CC[C@H]2C(C)(C)C1=O.[C-]#[N+]C1C[C@]2(C)c3nc4ccnn4cc3CC[C@H]2C(C)(C)C1=O. The van der Waals surface area contributed by atoms with Gasteiger partial charge in [-0.15, -0.1) is 0 Å². The first kappa shape index (κ1) is 47.0. The number of hydrogen-bond donors (Lipinski definition) is 0. The van der Waals surface area contributed by atoms with E-state index in [1.54, 1.807) is 16.9 Å². The highest BCUT2D eigenvalue weighted by molar-refractivity contribution is 9.10. The lowest BCUT2D eigenvalue weighted by atomic mass is 9.50. The average Bonchev–Trinajstić information content (AvgIpc) is 4.19. The Bertz CT molecular complexity index is 3480. The van der Waals surface area contributed by atoms with Crippen LogP contribution in [0.3, 0.4) is 0 Å². The lowest BCUT2D eigenvalue weighted by molar-refractivity contribution is -0.137. The number of fused-ring (bicyclic) bond motifs is 13. The van der Waals surface area contributed by atoms with Crippen molar-refractivity contribution in [3.05, 3.63) is 140 Å². The normalized spacial score (nSPS) is 29.1. The number of carbonyl (C=O) groups excluding carboxylic acids is 2. The zero-order valence-corrected chi connectivity index (χ0v) is 43.8. The van der Waals surface area contributed by atoms with Crippen molar-refractivity contribution in [1.82, 2.24) is 49.0 Å². The predicted molar refractivity (Wildman–Crippen MR) is 271 cm³/mol. The number of nitrogens with zero attached hydrogens (tertiary/aromatic N) is 12. The van der Waals surface area contributed by atoms with Gasteiger partial charge in [0.1, 0.15) is 5.76 Å². The first-order valence-corrected chi connectivity index (χ1v) is 25.2. The van der Waals surface area contributed by atoms with Crippen molar-refractivity contribution < 1.29 is 15.5 Å². The molecule has 7 atom stereocenters. The number of rotatable bonds is 0. The van der Waals surface area contributed by atoms with Crippen LogP contribution in [0.25, 0.3) is 26.6 Å². The van der Waals surface area contributed by atoms with E-state index in [1.165, 1.54) is 29.8 Å². The van der Waals surface area contributed by atoms with Gasteiger partial charge in [-0.25, -0.2) is 39.9 Å². The van der Waals surface area contributed by atoms with Gasteiger partial charge < -0.3 is 14.2 Å². The third-order valence-electron chi connectivity index (χ3n) is 17.9.